The number of fused-ring (bicyclic) bond motifs is 1. The van der Waals surface area contributed by atoms with E-state index in [0.717, 1.165) is 35.6 Å². The van der Waals surface area contributed by atoms with E-state index in [-0.39, 0.29) is 4.90 Å². The third-order valence-corrected chi connectivity index (χ3v) is 7.72. The van der Waals surface area contributed by atoms with E-state index in [1.165, 1.54) is 30.2 Å². The van der Waals surface area contributed by atoms with Gasteiger partial charge in [-0.25, -0.2) is 17.7 Å². The van der Waals surface area contributed by atoms with E-state index in [4.69, 9.17) is 14.1 Å². The summed E-state index contributed by atoms with van der Waals surface area (Å²) in [7, 11) is 1.12. The molecule has 0 aliphatic rings. The van der Waals surface area contributed by atoms with Crippen molar-refractivity contribution in [1.29, 1.82) is 0 Å². The van der Waals surface area contributed by atoms with Crippen molar-refractivity contribution >= 4 is 32.8 Å². The SMILES string of the molecule is CCCn1c(CSc2nnc(-c3ccc(OC)cc3)o2)nc2cc(S(=O)(=O)N(C)C)ccc21. The highest BCUT2D eigenvalue weighted by Crippen LogP contribution is 2.29. The van der Waals surface area contributed by atoms with E-state index in [1.807, 2.05) is 30.3 Å². The van der Waals surface area contributed by atoms with Gasteiger partial charge in [0.25, 0.3) is 5.22 Å². The minimum absolute atomic E-state index is 0.224. The number of imidazole rings is 1. The van der Waals surface area contributed by atoms with E-state index in [9.17, 15) is 8.42 Å². The van der Waals surface area contributed by atoms with Crippen LogP contribution in [-0.4, -0.2) is 53.7 Å². The molecule has 4 rings (SSSR count). The largest absolute Gasteiger partial charge is 0.497 e. The van der Waals surface area contributed by atoms with Gasteiger partial charge in [-0.1, -0.05) is 18.7 Å². The zero-order valence-corrected chi connectivity index (χ0v) is 20.5. The molecule has 2 aromatic carbocycles. The van der Waals surface area contributed by atoms with Crippen molar-refractivity contribution in [3.05, 3.63) is 48.3 Å². The van der Waals surface area contributed by atoms with E-state index in [1.54, 1.807) is 19.2 Å². The average molecular weight is 488 g/mol. The van der Waals surface area contributed by atoms with E-state index < -0.39 is 10.0 Å². The lowest BCUT2D eigenvalue weighted by Crippen LogP contribution is -2.22. The summed E-state index contributed by atoms with van der Waals surface area (Å²) in [6.45, 7) is 2.86. The van der Waals surface area contributed by atoms with Crippen molar-refractivity contribution in [1.82, 2.24) is 24.1 Å². The second-order valence-electron chi connectivity index (χ2n) is 7.51. The first-order valence-electron chi connectivity index (χ1n) is 10.4. The van der Waals surface area contributed by atoms with Gasteiger partial charge in [0.1, 0.15) is 11.6 Å². The number of nitrogens with zero attached hydrogens (tertiary/aromatic N) is 5. The van der Waals surface area contributed by atoms with Crippen molar-refractivity contribution in [3.63, 3.8) is 0 Å². The molecule has 4 aromatic rings. The smallest absolute Gasteiger partial charge is 0.277 e. The first-order chi connectivity index (χ1) is 15.8. The minimum atomic E-state index is -3.53. The number of thioether (sulfide) groups is 1. The van der Waals surface area contributed by atoms with Gasteiger partial charge in [-0.15, -0.1) is 10.2 Å². The van der Waals surface area contributed by atoms with Gasteiger partial charge in [0, 0.05) is 26.2 Å². The van der Waals surface area contributed by atoms with Crippen LogP contribution in [0, 0.1) is 0 Å². The van der Waals surface area contributed by atoms with Crippen molar-refractivity contribution < 1.29 is 17.6 Å². The number of sulfonamides is 1. The van der Waals surface area contributed by atoms with Crippen LogP contribution in [0.1, 0.15) is 19.2 Å². The van der Waals surface area contributed by atoms with E-state index >= 15 is 0 Å². The lowest BCUT2D eigenvalue weighted by Gasteiger charge is -2.11. The van der Waals surface area contributed by atoms with Crippen LogP contribution in [0.5, 0.6) is 5.75 Å². The van der Waals surface area contributed by atoms with Gasteiger partial charge in [0.05, 0.1) is 28.8 Å². The number of benzene rings is 2. The standard InChI is InChI=1S/C22H25N5O4S2/c1-5-12-27-19-11-10-17(33(28,29)26(2)3)13-18(19)23-20(27)14-32-22-25-24-21(31-22)15-6-8-16(30-4)9-7-15/h6-11,13H,5,12,14H2,1-4H3. The fourth-order valence-corrected chi connectivity index (χ4v) is 4.99. The van der Waals surface area contributed by atoms with Crippen molar-refractivity contribution in [3.8, 4) is 17.2 Å². The number of hydrogen-bond acceptors (Lipinski definition) is 8. The van der Waals surface area contributed by atoms with Crippen LogP contribution in [-0.2, 0) is 22.3 Å². The maximum absolute atomic E-state index is 12.5. The fourth-order valence-electron chi connectivity index (χ4n) is 3.36. The molecule has 9 nitrogen and oxygen atoms in total. The molecule has 0 N–H and O–H groups in total. The van der Waals surface area contributed by atoms with Gasteiger partial charge in [-0.3, -0.25) is 0 Å². The number of aryl methyl sites for hydroxylation is 1. The minimum Gasteiger partial charge on any atom is -0.497 e. The molecule has 33 heavy (non-hydrogen) atoms. The molecule has 174 valence electrons. The summed E-state index contributed by atoms with van der Waals surface area (Å²) in [6, 6.07) is 12.5. The van der Waals surface area contributed by atoms with Crippen molar-refractivity contribution in [2.24, 2.45) is 0 Å². The Morgan fingerprint density at radius 1 is 1.12 bits per heavy atom. The highest BCUT2D eigenvalue weighted by molar-refractivity contribution is 7.98. The molecule has 0 aliphatic carbocycles. The van der Waals surface area contributed by atoms with Gasteiger partial charge < -0.3 is 13.7 Å². The number of methoxy groups -OCH3 is 1. The Labute approximate surface area is 196 Å². The molecule has 0 amide bonds. The Hall–Kier alpha value is -2.89. The molecule has 0 spiro atoms. The molecule has 11 heteroatoms. The molecular formula is C22H25N5O4S2. The molecule has 2 aromatic heterocycles. The van der Waals surface area contributed by atoms with E-state index in [0.29, 0.717) is 22.4 Å². The van der Waals surface area contributed by atoms with Gasteiger partial charge in [0.15, 0.2) is 0 Å². The normalized spacial score (nSPS) is 12.0. The average Bonchev–Trinajstić information content (AvgIpc) is 3.42. The summed E-state index contributed by atoms with van der Waals surface area (Å²) in [5, 5.41) is 8.71. The van der Waals surface area contributed by atoms with Crippen LogP contribution in [0.15, 0.2) is 57.0 Å². The monoisotopic (exact) mass is 487 g/mol. The second kappa shape index (κ2) is 9.54. The lowest BCUT2D eigenvalue weighted by atomic mass is 10.2. The fraction of sp³-hybridized carbons (Fsp3) is 0.318. The van der Waals surface area contributed by atoms with Gasteiger partial charge >= 0.3 is 0 Å². The summed E-state index contributed by atoms with van der Waals surface area (Å²) in [5.41, 5.74) is 2.35. The van der Waals surface area contributed by atoms with Crippen molar-refractivity contribution in [2.75, 3.05) is 21.2 Å². The molecule has 0 saturated heterocycles. The molecule has 2 heterocycles. The van der Waals surface area contributed by atoms with Crippen LogP contribution in [0.25, 0.3) is 22.5 Å². The van der Waals surface area contributed by atoms with Crippen LogP contribution in [0.4, 0.5) is 0 Å². The van der Waals surface area contributed by atoms with E-state index in [2.05, 4.69) is 21.7 Å². The van der Waals surface area contributed by atoms with Crippen LogP contribution in [0.3, 0.4) is 0 Å². The number of ether oxygens (including phenoxy) is 1. The third-order valence-electron chi connectivity index (χ3n) is 5.09. The predicted octanol–water partition coefficient (Wildman–Crippen LogP) is 4.05. The molecule has 0 bridgehead atoms. The summed E-state index contributed by atoms with van der Waals surface area (Å²) in [6.07, 6.45) is 0.920. The lowest BCUT2D eigenvalue weighted by molar-refractivity contribution is 0.414. The Morgan fingerprint density at radius 3 is 2.55 bits per heavy atom. The quantitative estimate of drug-likeness (QED) is 0.326. The molecule has 0 saturated carbocycles. The molecule has 0 atom stereocenters. The zero-order valence-electron chi connectivity index (χ0n) is 18.8. The number of aromatic nitrogens is 4. The Balaban J connectivity index is 1.58. The second-order valence-corrected chi connectivity index (χ2v) is 10.6. The van der Waals surface area contributed by atoms with Gasteiger partial charge in [0.2, 0.25) is 15.9 Å². The topological polar surface area (TPSA) is 103 Å². The first kappa shape index (κ1) is 23.3. The summed E-state index contributed by atoms with van der Waals surface area (Å²) in [4.78, 5) is 4.94. The molecule has 0 fully saturated rings. The van der Waals surface area contributed by atoms with Crippen LogP contribution in [0.2, 0.25) is 0 Å². The summed E-state index contributed by atoms with van der Waals surface area (Å²) < 4.78 is 39.3. The molecule has 0 unspecified atom stereocenters. The highest BCUT2D eigenvalue weighted by atomic mass is 32.2. The molecule has 0 aliphatic heterocycles. The molecule has 0 radical (unpaired) electrons. The predicted molar refractivity (Wildman–Crippen MR) is 127 cm³/mol. The summed E-state index contributed by atoms with van der Waals surface area (Å²) >= 11 is 1.39. The zero-order chi connectivity index (χ0) is 23.6. The molecular weight excluding hydrogens is 462 g/mol. The Bertz CT molecular complexity index is 1360. The highest BCUT2D eigenvalue weighted by Gasteiger charge is 2.20. The van der Waals surface area contributed by atoms with Gasteiger partial charge in [-0.2, -0.15) is 0 Å². The number of rotatable bonds is 9. The maximum atomic E-state index is 12.5. The van der Waals surface area contributed by atoms with Crippen LogP contribution >= 0.6 is 11.8 Å². The Morgan fingerprint density at radius 2 is 1.88 bits per heavy atom. The maximum Gasteiger partial charge on any atom is 0.277 e. The first-order valence-corrected chi connectivity index (χ1v) is 12.8. The van der Waals surface area contributed by atoms with Crippen LogP contribution < -0.4 is 4.74 Å². The Kier molecular flexibility index (Phi) is 6.73. The van der Waals surface area contributed by atoms with Gasteiger partial charge in [-0.05, 0) is 48.9 Å². The van der Waals surface area contributed by atoms with Crippen molar-refractivity contribution in [2.45, 2.75) is 35.8 Å². The summed E-state index contributed by atoms with van der Waals surface area (Å²) in [5.74, 6) is 2.51. The number of hydrogen-bond donors (Lipinski definition) is 0. The third kappa shape index (κ3) is 4.75.